The Morgan fingerprint density at radius 1 is 1.00 bits per heavy atom. The highest BCUT2D eigenvalue weighted by Gasteiger charge is 2.26. The quantitative estimate of drug-likeness (QED) is 0.592. The van der Waals surface area contributed by atoms with Gasteiger partial charge in [0.2, 0.25) is 5.91 Å². The van der Waals surface area contributed by atoms with E-state index in [4.69, 9.17) is 4.74 Å². The molecule has 1 fully saturated rings. The molecule has 2 aliphatic rings. The van der Waals surface area contributed by atoms with E-state index in [1.165, 1.54) is 30.4 Å². The van der Waals surface area contributed by atoms with E-state index in [0.29, 0.717) is 17.1 Å². The summed E-state index contributed by atoms with van der Waals surface area (Å²) >= 11 is 1.56. The van der Waals surface area contributed by atoms with Crippen molar-refractivity contribution in [2.75, 3.05) is 51.7 Å². The van der Waals surface area contributed by atoms with Gasteiger partial charge in [0, 0.05) is 37.6 Å². The van der Waals surface area contributed by atoms with Crippen molar-refractivity contribution >= 4 is 34.3 Å². The minimum Gasteiger partial charge on any atom is -0.465 e. The number of amides is 1. The van der Waals surface area contributed by atoms with Crippen LogP contribution in [0.15, 0.2) is 36.4 Å². The lowest BCUT2D eigenvalue weighted by Crippen LogP contribution is -2.48. The van der Waals surface area contributed by atoms with Crippen molar-refractivity contribution in [1.29, 1.82) is 0 Å². The second-order valence-electron chi connectivity index (χ2n) is 9.05. The zero-order valence-electron chi connectivity index (χ0n) is 20.1. The van der Waals surface area contributed by atoms with Crippen LogP contribution in [0.2, 0.25) is 0 Å². The highest BCUT2D eigenvalue weighted by Crippen LogP contribution is 2.37. The van der Waals surface area contributed by atoms with Crippen molar-refractivity contribution in [3.8, 4) is 0 Å². The van der Waals surface area contributed by atoms with E-state index in [-0.39, 0.29) is 11.9 Å². The van der Waals surface area contributed by atoms with Gasteiger partial charge in [-0.1, -0.05) is 55.3 Å². The van der Waals surface area contributed by atoms with Crippen LogP contribution < -0.4 is 5.32 Å². The molecule has 1 aromatic carbocycles. The first kappa shape index (κ1) is 24.6. The second-order valence-corrected chi connectivity index (χ2v) is 10.2. The number of benzene rings is 1. The minimum absolute atomic E-state index is 0.0585. The Hall–Kier alpha value is -2.48. The third-order valence-corrected chi connectivity index (χ3v) is 7.83. The first-order valence-electron chi connectivity index (χ1n) is 12.3. The van der Waals surface area contributed by atoms with Crippen LogP contribution in [0.4, 0.5) is 5.00 Å². The normalized spacial score (nSPS) is 17.7. The van der Waals surface area contributed by atoms with Crippen LogP contribution in [0, 0.1) is 0 Å². The molecule has 1 saturated heterocycles. The fourth-order valence-electron chi connectivity index (χ4n) is 4.73. The third-order valence-electron chi connectivity index (χ3n) is 6.62. The number of rotatable bonds is 7. The summed E-state index contributed by atoms with van der Waals surface area (Å²) in [5, 5.41) is 3.71. The highest BCUT2D eigenvalue weighted by atomic mass is 32.1. The van der Waals surface area contributed by atoms with Gasteiger partial charge in [-0.3, -0.25) is 14.6 Å². The van der Waals surface area contributed by atoms with Gasteiger partial charge in [0.15, 0.2) is 0 Å². The molecule has 0 bridgehead atoms. The van der Waals surface area contributed by atoms with E-state index in [9.17, 15) is 9.59 Å². The van der Waals surface area contributed by atoms with Crippen molar-refractivity contribution in [3.05, 3.63) is 58.0 Å². The molecular formula is C27H35N3O3S. The summed E-state index contributed by atoms with van der Waals surface area (Å²) in [5.41, 5.74) is 2.88. The monoisotopic (exact) mass is 481 g/mol. The summed E-state index contributed by atoms with van der Waals surface area (Å²) in [6, 6.07) is 10.3. The molecule has 0 saturated carbocycles. The first-order chi connectivity index (χ1) is 16.6. The number of carbonyl (C=O) groups excluding carboxylic acids is 2. The van der Waals surface area contributed by atoms with Gasteiger partial charge in [-0.05, 0) is 36.8 Å². The zero-order valence-corrected chi connectivity index (χ0v) is 20.9. The van der Waals surface area contributed by atoms with Gasteiger partial charge >= 0.3 is 5.97 Å². The maximum atomic E-state index is 12.9. The molecule has 1 amide bonds. The molecule has 0 radical (unpaired) electrons. The molecule has 2 heterocycles. The van der Waals surface area contributed by atoms with Gasteiger partial charge in [0.05, 0.1) is 19.2 Å². The summed E-state index contributed by atoms with van der Waals surface area (Å²) < 4.78 is 5.07. The van der Waals surface area contributed by atoms with E-state index in [1.807, 2.05) is 18.2 Å². The average Bonchev–Trinajstić information content (AvgIpc) is 3.16. The zero-order chi connectivity index (χ0) is 23.8. The fourth-order valence-corrected chi connectivity index (χ4v) is 6.02. The van der Waals surface area contributed by atoms with Crippen LogP contribution in [0.25, 0.3) is 6.08 Å². The predicted molar refractivity (Wildman–Crippen MR) is 139 cm³/mol. The molecule has 1 aliphatic heterocycles. The van der Waals surface area contributed by atoms with Crippen molar-refractivity contribution in [3.63, 3.8) is 0 Å². The van der Waals surface area contributed by atoms with Gasteiger partial charge in [0.1, 0.15) is 5.00 Å². The van der Waals surface area contributed by atoms with Crippen LogP contribution in [0.1, 0.15) is 52.0 Å². The molecule has 34 heavy (non-hydrogen) atoms. The van der Waals surface area contributed by atoms with Gasteiger partial charge in [-0.2, -0.15) is 0 Å². The average molecular weight is 482 g/mol. The Balaban J connectivity index is 1.30. The fraction of sp³-hybridized carbons (Fsp3) is 0.481. The van der Waals surface area contributed by atoms with Gasteiger partial charge in [-0.25, -0.2) is 4.79 Å². The van der Waals surface area contributed by atoms with Crippen LogP contribution in [-0.4, -0.2) is 68.1 Å². The van der Waals surface area contributed by atoms with Crippen LogP contribution in [-0.2, 0) is 22.4 Å². The number of esters is 1. The number of fused-ring (bicyclic) bond motifs is 1. The maximum absolute atomic E-state index is 12.9. The second kappa shape index (κ2) is 12.3. The molecule has 1 aliphatic carbocycles. The van der Waals surface area contributed by atoms with E-state index in [1.54, 1.807) is 11.3 Å². The summed E-state index contributed by atoms with van der Waals surface area (Å²) in [7, 11) is 1.41. The smallest absolute Gasteiger partial charge is 0.341 e. The van der Waals surface area contributed by atoms with Crippen molar-refractivity contribution < 1.29 is 14.3 Å². The summed E-state index contributed by atoms with van der Waals surface area (Å²) in [6.45, 7) is 4.85. The van der Waals surface area contributed by atoms with E-state index in [2.05, 4.69) is 39.4 Å². The van der Waals surface area contributed by atoms with Crippen molar-refractivity contribution in [1.82, 2.24) is 9.80 Å². The van der Waals surface area contributed by atoms with Gasteiger partial charge in [0.25, 0.3) is 0 Å². The lowest BCUT2D eigenvalue weighted by molar-refractivity contribution is -0.117. The molecule has 0 atom stereocenters. The Labute approximate surface area is 206 Å². The summed E-state index contributed by atoms with van der Waals surface area (Å²) in [6.07, 6.45) is 10.8. The summed E-state index contributed by atoms with van der Waals surface area (Å²) in [4.78, 5) is 31.3. The molecule has 1 aromatic heterocycles. The largest absolute Gasteiger partial charge is 0.465 e. The predicted octanol–water partition coefficient (Wildman–Crippen LogP) is 4.46. The number of anilines is 1. The lowest BCUT2D eigenvalue weighted by Gasteiger charge is -2.33. The van der Waals surface area contributed by atoms with E-state index < -0.39 is 0 Å². The number of aryl methyl sites for hydroxylation is 1. The first-order valence-corrected chi connectivity index (χ1v) is 13.1. The van der Waals surface area contributed by atoms with Crippen LogP contribution in [0.5, 0.6) is 0 Å². The molecule has 0 spiro atoms. The van der Waals surface area contributed by atoms with Crippen molar-refractivity contribution in [2.24, 2.45) is 0 Å². The molecular weight excluding hydrogens is 446 g/mol. The Bertz CT molecular complexity index is 994. The summed E-state index contributed by atoms with van der Waals surface area (Å²) in [5.74, 6) is -0.401. The standard InChI is InChI=1S/C27H35N3O3S/c1-33-27(32)25-22-13-7-2-3-8-14-23(22)34-26(25)28-24(31)20-30-18-16-29(17-19-30)15-9-12-21-10-5-4-6-11-21/h4-6,9-12H,2-3,7-8,13-20H2,1H3,(H,28,31)/b12-9+. The number of piperazine rings is 1. The van der Waals surface area contributed by atoms with Gasteiger partial charge < -0.3 is 10.1 Å². The van der Waals surface area contributed by atoms with Crippen LogP contribution in [0.3, 0.4) is 0 Å². The number of carbonyl (C=O) groups is 2. The van der Waals surface area contributed by atoms with E-state index in [0.717, 1.165) is 64.0 Å². The molecule has 182 valence electrons. The Kier molecular flexibility index (Phi) is 8.91. The number of nitrogens with zero attached hydrogens (tertiary/aromatic N) is 2. The SMILES string of the molecule is COC(=O)c1c(NC(=O)CN2CCN(C/C=C/c3ccccc3)CC2)sc2c1CCCCCC2. The number of hydrogen-bond acceptors (Lipinski definition) is 6. The Morgan fingerprint density at radius 3 is 2.44 bits per heavy atom. The molecule has 4 rings (SSSR count). The number of methoxy groups -OCH3 is 1. The molecule has 1 N–H and O–H groups in total. The third kappa shape index (κ3) is 6.56. The van der Waals surface area contributed by atoms with Gasteiger partial charge in [-0.15, -0.1) is 11.3 Å². The topological polar surface area (TPSA) is 61.9 Å². The Morgan fingerprint density at radius 2 is 1.71 bits per heavy atom. The number of thiophene rings is 1. The molecule has 0 unspecified atom stereocenters. The molecule has 6 nitrogen and oxygen atoms in total. The molecule has 2 aromatic rings. The highest BCUT2D eigenvalue weighted by molar-refractivity contribution is 7.17. The number of hydrogen-bond donors (Lipinski definition) is 1. The van der Waals surface area contributed by atoms with E-state index >= 15 is 0 Å². The maximum Gasteiger partial charge on any atom is 0.341 e. The number of ether oxygens (including phenoxy) is 1. The van der Waals surface area contributed by atoms with Crippen LogP contribution >= 0.6 is 11.3 Å². The minimum atomic E-state index is -0.342. The lowest BCUT2D eigenvalue weighted by atomic mass is 9.96. The number of nitrogens with one attached hydrogen (secondary N) is 1. The van der Waals surface area contributed by atoms with Crippen molar-refractivity contribution in [2.45, 2.75) is 38.5 Å². The molecule has 7 heteroatoms.